The third-order valence-electron chi connectivity index (χ3n) is 6.78. The second-order valence-corrected chi connectivity index (χ2v) is 10.3. The maximum Gasteiger partial charge on any atom is 0.295 e. The monoisotopic (exact) mass is 505 g/mol. The fourth-order valence-electron chi connectivity index (χ4n) is 4.87. The summed E-state index contributed by atoms with van der Waals surface area (Å²) in [5.41, 5.74) is 3.26. The first-order valence-electron chi connectivity index (χ1n) is 12.9. The maximum absolute atomic E-state index is 13.4. The van der Waals surface area contributed by atoms with Crippen molar-refractivity contribution in [2.75, 3.05) is 6.61 Å². The fourth-order valence-corrected chi connectivity index (χ4v) is 4.87. The average molecular weight is 506 g/mol. The van der Waals surface area contributed by atoms with Crippen LogP contribution in [0.25, 0.3) is 16.5 Å². The van der Waals surface area contributed by atoms with Gasteiger partial charge in [0.25, 0.3) is 11.7 Å². The van der Waals surface area contributed by atoms with Crippen molar-refractivity contribution in [3.05, 3.63) is 119 Å². The number of hydrogen-bond donors (Lipinski definition) is 1. The highest BCUT2D eigenvalue weighted by Gasteiger charge is 2.46. The fraction of sp³-hybridized carbons (Fsp3) is 0.212. The highest BCUT2D eigenvalue weighted by atomic mass is 16.5. The number of Topliss-reactive ketones (excluding diaryl/α,β-unsaturated/α-hetero) is 1. The summed E-state index contributed by atoms with van der Waals surface area (Å²) < 4.78 is 5.79. The Morgan fingerprint density at radius 2 is 1.63 bits per heavy atom. The first-order valence-corrected chi connectivity index (χ1v) is 12.9. The third-order valence-corrected chi connectivity index (χ3v) is 6.78. The van der Waals surface area contributed by atoms with E-state index in [1.807, 2.05) is 91.9 Å². The smallest absolute Gasteiger partial charge is 0.295 e. The van der Waals surface area contributed by atoms with E-state index in [1.54, 1.807) is 11.0 Å². The van der Waals surface area contributed by atoms with Crippen molar-refractivity contribution in [1.29, 1.82) is 0 Å². The zero-order valence-electron chi connectivity index (χ0n) is 21.8. The Kier molecular flexibility index (Phi) is 7.01. The van der Waals surface area contributed by atoms with Gasteiger partial charge in [-0.05, 0) is 52.9 Å². The molecule has 1 atom stereocenters. The minimum absolute atomic E-state index is 0.104. The Balaban J connectivity index is 1.55. The second-order valence-electron chi connectivity index (χ2n) is 10.3. The lowest BCUT2D eigenvalue weighted by Crippen LogP contribution is -2.29. The molecule has 0 saturated carbocycles. The number of carbonyl (C=O) groups is 2. The maximum atomic E-state index is 13.4. The largest absolute Gasteiger partial charge is 0.507 e. The van der Waals surface area contributed by atoms with Crippen LogP contribution in [0.4, 0.5) is 0 Å². The topological polar surface area (TPSA) is 66.8 Å². The van der Waals surface area contributed by atoms with Crippen LogP contribution >= 0.6 is 0 Å². The standard InChI is InChI=1S/C33H31NO4/c1-21(2)20-38-28-15-11-23(12-16-28)19-34-30(26-10-6-7-22(3)17-26)29(32(36)33(34)37)31(35)27-14-13-24-8-4-5-9-25(24)18-27/h4-18,21,30,35H,19-20H2,1-3H3/b31-29-. The molecular formula is C33H31NO4. The second kappa shape index (κ2) is 10.5. The first kappa shape index (κ1) is 25.3. The molecule has 0 radical (unpaired) electrons. The number of ether oxygens (including phenoxy) is 1. The molecule has 0 aliphatic carbocycles. The van der Waals surface area contributed by atoms with Crippen LogP contribution in [-0.4, -0.2) is 28.3 Å². The third kappa shape index (κ3) is 5.05. The molecule has 0 bridgehead atoms. The Morgan fingerprint density at radius 1 is 0.895 bits per heavy atom. The molecule has 0 aromatic heterocycles. The Labute approximate surface area is 223 Å². The van der Waals surface area contributed by atoms with Crippen LogP contribution in [0.1, 0.15) is 42.1 Å². The summed E-state index contributed by atoms with van der Waals surface area (Å²) in [4.78, 5) is 28.4. The number of likely N-dealkylation sites (tertiary alicyclic amines) is 1. The molecule has 38 heavy (non-hydrogen) atoms. The van der Waals surface area contributed by atoms with E-state index in [1.165, 1.54) is 0 Å². The molecule has 1 N–H and O–H groups in total. The van der Waals surface area contributed by atoms with Crippen LogP contribution < -0.4 is 4.74 Å². The van der Waals surface area contributed by atoms with Gasteiger partial charge in [0, 0.05) is 12.1 Å². The van der Waals surface area contributed by atoms with E-state index in [2.05, 4.69) is 13.8 Å². The normalized spacial score (nSPS) is 16.9. The van der Waals surface area contributed by atoms with Gasteiger partial charge in [0.15, 0.2) is 0 Å². The summed E-state index contributed by atoms with van der Waals surface area (Å²) in [6, 6.07) is 28.0. The summed E-state index contributed by atoms with van der Waals surface area (Å²) in [7, 11) is 0. The van der Waals surface area contributed by atoms with E-state index in [0.29, 0.717) is 18.1 Å². The molecule has 1 aliphatic heterocycles. The Bertz CT molecular complexity index is 1530. The van der Waals surface area contributed by atoms with E-state index >= 15 is 0 Å². The lowest BCUT2D eigenvalue weighted by molar-refractivity contribution is -0.140. The quantitative estimate of drug-likeness (QED) is 0.170. The number of nitrogens with zero attached hydrogens (tertiary/aromatic N) is 1. The average Bonchev–Trinajstić information content (AvgIpc) is 3.17. The van der Waals surface area contributed by atoms with Gasteiger partial charge in [-0.25, -0.2) is 0 Å². The van der Waals surface area contributed by atoms with Gasteiger partial charge < -0.3 is 14.7 Å². The van der Waals surface area contributed by atoms with E-state index in [0.717, 1.165) is 33.2 Å². The summed E-state index contributed by atoms with van der Waals surface area (Å²) in [6.07, 6.45) is 0. The van der Waals surface area contributed by atoms with Crippen molar-refractivity contribution in [1.82, 2.24) is 4.90 Å². The van der Waals surface area contributed by atoms with Gasteiger partial charge in [-0.1, -0.05) is 92.2 Å². The van der Waals surface area contributed by atoms with Gasteiger partial charge in [0.2, 0.25) is 0 Å². The van der Waals surface area contributed by atoms with Crippen LogP contribution in [0.5, 0.6) is 5.75 Å². The number of rotatable bonds is 7. The minimum Gasteiger partial charge on any atom is -0.507 e. The molecule has 5 rings (SSSR count). The number of carbonyl (C=O) groups excluding carboxylic acids is 2. The molecule has 192 valence electrons. The van der Waals surface area contributed by atoms with Crippen LogP contribution in [0.3, 0.4) is 0 Å². The Morgan fingerprint density at radius 3 is 2.34 bits per heavy atom. The van der Waals surface area contributed by atoms with Gasteiger partial charge in [-0.2, -0.15) is 0 Å². The van der Waals surface area contributed by atoms with Crippen molar-refractivity contribution in [2.24, 2.45) is 5.92 Å². The molecule has 1 saturated heterocycles. The molecule has 5 heteroatoms. The van der Waals surface area contributed by atoms with E-state index in [4.69, 9.17) is 4.74 Å². The number of hydrogen-bond acceptors (Lipinski definition) is 4. The van der Waals surface area contributed by atoms with Crippen molar-refractivity contribution >= 4 is 28.2 Å². The number of aliphatic hydroxyl groups is 1. The molecule has 4 aromatic rings. The van der Waals surface area contributed by atoms with Crippen molar-refractivity contribution in [3.63, 3.8) is 0 Å². The number of ketones is 1. The van der Waals surface area contributed by atoms with E-state index in [9.17, 15) is 14.7 Å². The van der Waals surface area contributed by atoms with Crippen molar-refractivity contribution in [2.45, 2.75) is 33.4 Å². The molecule has 1 unspecified atom stereocenters. The molecule has 4 aromatic carbocycles. The number of aryl methyl sites for hydroxylation is 1. The summed E-state index contributed by atoms with van der Waals surface area (Å²) in [5.74, 6) is -0.298. The van der Waals surface area contributed by atoms with Gasteiger partial charge in [0.1, 0.15) is 11.5 Å². The highest BCUT2D eigenvalue weighted by Crippen LogP contribution is 2.41. The first-order chi connectivity index (χ1) is 18.3. The number of fused-ring (bicyclic) bond motifs is 1. The van der Waals surface area contributed by atoms with Gasteiger partial charge >= 0.3 is 0 Å². The number of benzene rings is 4. The molecule has 1 heterocycles. The Hall–Kier alpha value is -4.38. The summed E-state index contributed by atoms with van der Waals surface area (Å²) in [6.45, 7) is 7.00. The van der Waals surface area contributed by atoms with Crippen molar-refractivity contribution < 1.29 is 19.4 Å². The predicted molar refractivity (Wildman–Crippen MR) is 150 cm³/mol. The minimum atomic E-state index is -0.710. The zero-order chi connectivity index (χ0) is 26.8. The van der Waals surface area contributed by atoms with E-state index < -0.39 is 17.7 Å². The molecule has 0 spiro atoms. The molecular weight excluding hydrogens is 474 g/mol. The van der Waals surface area contributed by atoms with Crippen LogP contribution in [0.2, 0.25) is 0 Å². The van der Waals surface area contributed by atoms with E-state index in [-0.39, 0.29) is 17.9 Å². The molecule has 1 aliphatic rings. The number of amides is 1. The SMILES string of the molecule is Cc1cccc(C2/C(=C(/O)c3ccc4ccccc4c3)C(=O)C(=O)N2Cc2ccc(OCC(C)C)cc2)c1. The molecule has 5 nitrogen and oxygen atoms in total. The summed E-state index contributed by atoms with van der Waals surface area (Å²) >= 11 is 0. The lowest BCUT2D eigenvalue weighted by Gasteiger charge is -2.26. The van der Waals surface area contributed by atoms with Crippen LogP contribution in [0, 0.1) is 12.8 Å². The molecule has 1 amide bonds. The van der Waals surface area contributed by atoms with Crippen LogP contribution in [-0.2, 0) is 16.1 Å². The van der Waals surface area contributed by atoms with Gasteiger partial charge in [0.05, 0.1) is 18.2 Å². The zero-order valence-corrected chi connectivity index (χ0v) is 21.8. The van der Waals surface area contributed by atoms with Gasteiger partial charge in [-0.15, -0.1) is 0 Å². The predicted octanol–water partition coefficient (Wildman–Crippen LogP) is 6.80. The summed E-state index contributed by atoms with van der Waals surface area (Å²) in [5, 5.41) is 13.4. The van der Waals surface area contributed by atoms with Crippen LogP contribution in [0.15, 0.2) is 96.6 Å². The van der Waals surface area contributed by atoms with Gasteiger partial charge in [-0.3, -0.25) is 9.59 Å². The lowest BCUT2D eigenvalue weighted by atomic mass is 9.93. The molecule has 1 fully saturated rings. The highest BCUT2D eigenvalue weighted by molar-refractivity contribution is 6.46. The van der Waals surface area contributed by atoms with Crippen molar-refractivity contribution in [3.8, 4) is 5.75 Å². The number of aliphatic hydroxyl groups excluding tert-OH is 1.